The fourth-order valence-corrected chi connectivity index (χ4v) is 3.69. The largest absolute Gasteiger partial charge is 0.315 e. The molecule has 2 N–H and O–H groups in total. The van der Waals surface area contributed by atoms with Gasteiger partial charge in [0.2, 0.25) is 10.0 Å². The van der Waals surface area contributed by atoms with Crippen molar-refractivity contribution in [3.63, 3.8) is 0 Å². The molecule has 1 fully saturated rings. The summed E-state index contributed by atoms with van der Waals surface area (Å²) in [6, 6.07) is 7.86. The minimum Gasteiger partial charge on any atom is -0.315 e. The lowest BCUT2D eigenvalue weighted by Crippen LogP contribution is -2.36. The molecule has 0 aliphatic carbocycles. The van der Waals surface area contributed by atoms with Crippen molar-refractivity contribution in [3.8, 4) is 0 Å². The quantitative estimate of drug-likeness (QED) is 0.862. The van der Waals surface area contributed by atoms with Crippen LogP contribution in [0.3, 0.4) is 0 Å². The summed E-state index contributed by atoms with van der Waals surface area (Å²) in [5, 5.41) is 3.15. The molecule has 0 spiro atoms. The molecule has 1 aliphatic rings. The van der Waals surface area contributed by atoms with E-state index >= 15 is 0 Å². The second-order valence-corrected chi connectivity index (χ2v) is 7.22. The molecule has 1 aromatic carbocycles. The number of hydrogen-bond acceptors (Lipinski definition) is 3. The van der Waals surface area contributed by atoms with Crippen LogP contribution >= 0.6 is 0 Å². The van der Waals surface area contributed by atoms with Crippen molar-refractivity contribution in [3.05, 3.63) is 35.4 Å². The van der Waals surface area contributed by atoms with E-state index in [0.717, 1.165) is 25.1 Å². The maximum absolute atomic E-state index is 12.0. The number of benzene rings is 1. The highest BCUT2D eigenvalue weighted by Crippen LogP contribution is 2.16. The second kappa shape index (κ2) is 6.03. The molecule has 0 amide bonds. The third-order valence-electron chi connectivity index (χ3n) is 3.41. The Morgan fingerprint density at radius 2 is 2.00 bits per heavy atom. The molecule has 1 aromatic rings. The minimum atomic E-state index is -3.24. The number of rotatable bonds is 5. The van der Waals surface area contributed by atoms with Gasteiger partial charge in [-0.05, 0) is 30.0 Å². The van der Waals surface area contributed by atoms with Crippen molar-refractivity contribution in [1.82, 2.24) is 10.0 Å². The summed E-state index contributed by atoms with van der Waals surface area (Å²) in [4.78, 5) is 0. The fourth-order valence-electron chi connectivity index (χ4n) is 2.27. The monoisotopic (exact) mass is 282 g/mol. The van der Waals surface area contributed by atoms with Crippen LogP contribution in [0.2, 0.25) is 0 Å². The first-order chi connectivity index (χ1) is 8.96. The smallest absolute Gasteiger partial charge is 0.216 e. The molecule has 0 saturated carbocycles. The van der Waals surface area contributed by atoms with E-state index < -0.39 is 10.0 Å². The van der Waals surface area contributed by atoms with Crippen LogP contribution in [0.25, 0.3) is 0 Å². The zero-order chi connectivity index (χ0) is 13.9. The van der Waals surface area contributed by atoms with Gasteiger partial charge in [0.15, 0.2) is 0 Å². The highest BCUT2D eigenvalue weighted by molar-refractivity contribution is 7.88. The fraction of sp³-hybridized carbons (Fsp3) is 0.571. The molecule has 1 aliphatic heterocycles. The van der Waals surface area contributed by atoms with Crippen molar-refractivity contribution in [2.45, 2.75) is 38.0 Å². The third kappa shape index (κ3) is 4.30. The van der Waals surface area contributed by atoms with Gasteiger partial charge in [-0.2, -0.15) is 0 Å². The third-order valence-corrected chi connectivity index (χ3v) is 4.82. The summed E-state index contributed by atoms with van der Waals surface area (Å²) >= 11 is 0. The normalized spacial score (nSPS) is 20.1. The van der Waals surface area contributed by atoms with Crippen LogP contribution in [0.5, 0.6) is 0 Å². The van der Waals surface area contributed by atoms with Crippen LogP contribution in [0, 0.1) is 0 Å². The molecule has 4 nitrogen and oxygen atoms in total. The molecule has 0 bridgehead atoms. The molecule has 1 heterocycles. The van der Waals surface area contributed by atoms with Crippen LogP contribution in [-0.4, -0.2) is 27.5 Å². The van der Waals surface area contributed by atoms with Crippen molar-refractivity contribution >= 4 is 10.0 Å². The Bertz CT molecular complexity index is 503. The van der Waals surface area contributed by atoms with Crippen molar-refractivity contribution in [2.75, 3.05) is 13.1 Å². The van der Waals surface area contributed by atoms with Gasteiger partial charge < -0.3 is 5.32 Å². The van der Waals surface area contributed by atoms with Crippen LogP contribution in [0.1, 0.15) is 37.3 Å². The van der Waals surface area contributed by atoms with E-state index in [0.29, 0.717) is 5.92 Å². The molecular weight excluding hydrogens is 260 g/mol. The van der Waals surface area contributed by atoms with E-state index in [1.807, 2.05) is 24.3 Å². The SMILES string of the molecule is CC(C)c1ccc(CS(=O)(=O)N[C@H]2CCNC2)cc1. The van der Waals surface area contributed by atoms with Gasteiger partial charge in [0.05, 0.1) is 5.75 Å². The van der Waals surface area contributed by atoms with E-state index in [-0.39, 0.29) is 11.8 Å². The Balaban J connectivity index is 1.98. The lowest BCUT2D eigenvalue weighted by molar-refractivity contribution is 0.559. The van der Waals surface area contributed by atoms with Crippen LogP contribution in [0.4, 0.5) is 0 Å². The Labute approximate surface area is 115 Å². The van der Waals surface area contributed by atoms with E-state index in [4.69, 9.17) is 0 Å². The van der Waals surface area contributed by atoms with Crippen molar-refractivity contribution < 1.29 is 8.42 Å². The first-order valence-corrected chi connectivity index (χ1v) is 8.41. The molecule has 1 atom stereocenters. The maximum Gasteiger partial charge on any atom is 0.216 e. The highest BCUT2D eigenvalue weighted by atomic mass is 32.2. The van der Waals surface area contributed by atoms with E-state index in [1.165, 1.54) is 5.56 Å². The maximum atomic E-state index is 12.0. The summed E-state index contributed by atoms with van der Waals surface area (Å²) < 4.78 is 26.8. The van der Waals surface area contributed by atoms with E-state index in [9.17, 15) is 8.42 Å². The molecular formula is C14H22N2O2S. The van der Waals surface area contributed by atoms with Gasteiger partial charge in [0.25, 0.3) is 0 Å². The molecule has 19 heavy (non-hydrogen) atoms. The summed E-state index contributed by atoms with van der Waals surface area (Å²) in [6.07, 6.45) is 0.867. The molecule has 1 saturated heterocycles. The lowest BCUT2D eigenvalue weighted by Gasteiger charge is -2.12. The molecule has 106 valence electrons. The zero-order valence-electron chi connectivity index (χ0n) is 11.5. The Morgan fingerprint density at radius 3 is 2.53 bits per heavy atom. The average Bonchev–Trinajstić information content (AvgIpc) is 2.81. The van der Waals surface area contributed by atoms with Gasteiger partial charge in [-0.15, -0.1) is 0 Å². The van der Waals surface area contributed by atoms with Gasteiger partial charge in [-0.25, -0.2) is 13.1 Å². The highest BCUT2D eigenvalue weighted by Gasteiger charge is 2.21. The van der Waals surface area contributed by atoms with Gasteiger partial charge in [-0.3, -0.25) is 0 Å². The number of hydrogen-bond donors (Lipinski definition) is 2. The van der Waals surface area contributed by atoms with Crippen LogP contribution < -0.4 is 10.0 Å². The van der Waals surface area contributed by atoms with Gasteiger partial charge in [0, 0.05) is 12.6 Å². The predicted molar refractivity (Wildman–Crippen MR) is 77.6 cm³/mol. The van der Waals surface area contributed by atoms with Crippen molar-refractivity contribution in [2.24, 2.45) is 0 Å². The first-order valence-electron chi connectivity index (χ1n) is 6.76. The van der Waals surface area contributed by atoms with Crippen LogP contribution in [-0.2, 0) is 15.8 Å². The van der Waals surface area contributed by atoms with Gasteiger partial charge in [0.1, 0.15) is 0 Å². The van der Waals surface area contributed by atoms with E-state index in [1.54, 1.807) is 0 Å². The summed E-state index contributed by atoms with van der Waals surface area (Å²) in [6.45, 7) is 5.86. The number of sulfonamides is 1. The van der Waals surface area contributed by atoms with Gasteiger partial charge in [-0.1, -0.05) is 38.1 Å². The standard InChI is InChI=1S/C14H22N2O2S/c1-11(2)13-5-3-12(4-6-13)10-19(17,18)16-14-7-8-15-9-14/h3-6,11,14-16H,7-10H2,1-2H3/t14-/m0/s1. The minimum absolute atomic E-state index is 0.0416. The summed E-state index contributed by atoms with van der Waals surface area (Å²) in [5.74, 6) is 0.523. The van der Waals surface area contributed by atoms with Crippen molar-refractivity contribution in [1.29, 1.82) is 0 Å². The average molecular weight is 282 g/mol. The predicted octanol–water partition coefficient (Wildman–Crippen LogP) is 1.59. The number of nitrogens with one attached hydrogen (secondary N) is 2. The van der Waals surface area contributed by atoms with E-state index in [2.05, 4.69) is 23.9 Å². The molecule has 2 rings (SSSR count). The van der Waals surface area contributed by atoms with Crippen LogP contribution in [0.15, 0.2) is 24.3 Å². The topological polar surface area (TPSA) is 58.2 Å². The molecule has 0 aromatic heterocycles. The second-order valence-electron chi connectivity index (χ2n) is 5.46. The Morgan fingerprint density at radius 1 is 1.32 bits per heavy atom. The molecule has 5 heteroatoms. The summed E-state index contributed by atoms with van der Waals surface area (Å²) in [5.41, 5.74) is 2.07. The zero-order valence-corrected chi connectivity index (χ0v) is 12.3. The first kappa shape index (κ1) is 14.5. The molecule has 0 radical (unpaired) electrons. The Hall–Kier alpha value is -0.910. The van der Waals surface area contributed by atoms with Gasteiger partial charge >= 0.3 is 0 Å². The lowest BCUT2D eigenvalue weighted by atomic mass is 10.0. The Kier molecular flexibility index (Phi) is 4.60. The summed E-state index contributed by atoms with van der Waals surface area (Å²) in [7, 11) is -3.24. The molecule has 0 unspecified atom stereocenters.